The molecule has 25 heavy (non-hydrogen) atoms. The van der Waals surface area contributed by atoms with Crippen molar-refractivity contribution in [2.45, 2.75) is 32.3 Å². The van der Waals surface area contributed by atoms with E-state index < -0.39 is 4.92 Å². The zero-order valence-electron chi connectivity index (χ0n) is 14.2. The van der Waals surface area contributed by atoms with Crippen LogP contribution in [0.4, 0.5) is 5.69 Å². The number of pyridine rings is 1. The van der Waals surface area contributed by atoms with Crippen molar-refractivity contribution < 1.29 is 14.4 Å². The molecule has 7 heteroatoms. The molecule has 0 saturated heterocycles. The number of benzene rings is 1. The van der Waals surface area contributed by atoms with Crippen molar-refractivity contribution in [1.29, 1.82) is 0 Å². The lowest BCUT2D eigenvalue weighted by atomic mass is 9.96. The van der Waals surface area contributed by atoms with Crippen LogP contribution >= 0.6 is 0 Å². The van der Waals surface area contributed by atoms with E-state index in [4.69, 9.17) is 9.47 Å². The maximum atomic E-state index is 11.9. The monoisotopic (exact) mass is 344 g/mol. The molecule has 1 heterocycles. The van der Waals surface area contributed by atoms with Crippen LogP contribution in [0.3, 0.4) is 0 Å². The topological polar surface area (TPSA) is 83.6 Å². The molecule has 0 amide bonds. The molecular weight excluding hydrogens is 324 g/mol. The number of aryl methyl sites for hydroxylation is 1. The van der Waals surface area contributed by atoms with Crippen molar-refractivity contribution in [2.24, 2.45) is 7.05 Å². The van der Waals surface area contributed by atoms with Crippen molar-refractivity contribution in [3.05, 3.63) is 50.9 Å². The van der Waals surface area contributed by atoms with Crippen molar-refractivity contribution in [2.75, 3.05) is 6.61 Å². The molecule has 1 aliphatic rings. The second-order valence-electron chi connectivity index (χ2n) is 6.04. The van der Waals surface area contributed by atoms with Gasteiger partial charge in [0.2, 0.25) is 0 Å². The fraction of sp³-hybridized carbons (Fsp3) is 0.389. The fourth-order valence-corrected chi connectivity index (χ4v) is 2.70. The Hall–Kier alpha value is -2.83. The summed E-state index contributed by atoms with van der Waals surface area (Å²) in [6.45, 7) is 2.20. The molecule has 7 nitrogen and oxygen atoms in total. The first-order chi connectivity index (χ1) is 12.0. The van der Waals surface area contributed by atoms with Gasteiger partial charge in [-0.2, -0.15) is 0 Å². The van der Waals surface area contributed by atoms with Gasteiger partial charge in [-0.1, -0.05) is 0 Å². The number of hydrogen-bond acceptors (Lipinski definition) is 5. The average Bonchev–Trinajstić information content (AvgIpc) is 2.54. The third-order valence-electron chi connectivity index (χ3n) is 4.30. The minimum Gasteiger partial charge on any atom is -0.493 e. The first-order valence-electron chi connectivity index (χ1n) is 8.28. The molecule has 1 fully saturated rings. The summed E-state index contributed by atoms with van der Waals surface area (Å²) in [5.41, 5.74) is 0.911. The lowest BCUT2D eigenvalue weighted by molar-refractivity contribution is -0.384. The average molecular weight is 344 g/mol. The van der Waals surface area contributed by atoms with Crippen LogP contribution in [0.2, 0.25) is 0 Å². The molecular formula is C18H20N2O5. The minimum absolute atomic E-state index is 0.0349. The SMILES string of the molecule is CCOc1cc(=O)n(C)cc1-c1cc([N+](=O)[O-])ccc1OC1CCC1. The predicted octanol–water partition coefficient (Wildman–Crippen LogP) is 3.29. The van der Waals surface area contributed by atoms with E-state index in [-0.39, 0.29) is 17.4 Å². The molecule has 0 unspecified atom stereocenters. The van der Waals surface area contributed by atoms with Gasteiger partial charge in [-0.25, -0.2) is 0 Å². The van der Waals surface area contributed by atoms with Gasteiger partial charge in [0, 0.05) is 42.6 Å². The summed E-state index contributed by atoms with van der Waals surface area (Å²) >= 11 is 0. The Bertz CT molecular complexity index is 855. The van der Waals surface area contributed by atoms with Gasteiger partial charge in [-0.05, 0) is 32.3 Å². The Kier molecular flexibility index (Phi) is 4.74. The predicted molar refractivity (Wildman–Crippen MR) is 93.2 cm³/mol. The molecule has 2 aromatic rings. The van der Waals surface area contributed by atoms with Crippen LogP contribution in [0.15, 0.2) is 35.3 Å². The van der Waals surface area contributed by atoms with E-state index in [1.807, 2.05) is 6.92 Å². The molecule has 0 aliphatic heterocycles. The number of hydrogen-bond donors (Lipinski definition) is 0. The highest BCUT2D eigenvalue weighted by atomic mass is 16.6. The van der Waals surface area contributed by atoms with Gasteiger partial charge in [0.05, 0.1) is 17.6 Å². The first kappa shape index (κ1) is 17.0. The lowest BCUT2D eigenvalue weighted by Crippen LogP contribution is -2.25. The molecule has 1 aromatic carbocycles. The third kappa shape index (κ3) is 3.50. The van der Waals surface area contributed by atoms with Crippen LogP contribution < -0.4 is 15.0 Å². The number of non-ortho nitro benzene ring substituents is 1. The van der Waals surface area contributed by atoms with Crippen molar-refractivity contribution in [3.8, 4) is 22.6 Å². The Labute approximate surface area is 145 Å². The molecule has 0 N–H and O–H groups in total. The summed E-state index contributed by atoms with van der Waals surface area (Å²) < 4.78 is 13.0. The Morgan fingerprint density at radius 3 is 2.60 bits per heavy atom. The minimum atomic E-state index is -0.445. The summed E-state index contributed by atoms with van der Waals surface area (Å²) in [4.78, 5) is 22.7. The number of aromatic nitrogens is 1. The van der Waals surface area contributed by atoms with Crippen LogP contribution in [-0.2, 0) is 7.05 Å². The van der Waals surface area contributed by atoms with Crippen LogP contribution in [-0.4, -0.2) is 22.2 Å². The first-order valence-corrected chi connectivity index (χ1v) is 8.28. The number of nitro benzene ring substituents is 1. The van der Waals surface area contributed by atoms with Crippen molar-refractivity contribution >= 4 is 5.69 Å². The molecule has 0 spiro atoms. The second kappa shape index (κ2) is 6.96. The Balaban J connectivity index is 2.15. The highest BCUT2D eigenvalue weighted by Gasteiger charge is 2.23. The summed E-state index contributed by atoms with van der Waals surface area (Å²) in [6.07, 6.45) is 4.82. The summed E-state index contributed by atoms with van der Waals surface area (Å²) in [6, 6.07) is 5.91. The summed E-state index contributed by atoms with van der Waals surface area (Å²) in [5, 5.41) is 11.2. The summed E-state index contributed by atoms with van der Waals surface area (Å²) in [7, 11) is 1.63. The smallest absolute Gasteiger partial charge is 0.270 e. The standard InChI is InChI=1S/C18H20N2O5/c1-3-24-17-10-18(21)19(2)11-15(17)14-9-12(20(22)23)7-8-16(14)25-13-5-4-6-13/h7-11,13H,3-6H2,1-2H3. The highest BCUT2D eigenvalue weighted by Crippen LogP contribution is 2.39. The Morgan fingerprint density at radius 1 is 1.24 bits per heavy atom. The van der Waals surface area contributed by atoms with E-state index >= 15 is 0 Å². The van der Waals surface area contributed by atoms with Crippen molar-refractivity contribution in [3.63, 3.8) is 0 Å². The molecule has 132 valence electrons. The molecule has 0 atom stereocenters. The highest BCUT2D eigenvalue weighted by molar-refractivity contribution is 5.77. The molecule has 1 saturated carbocycles. The second-order valence-corrected chi connectivity index (χ2v) is 6.04. The van der Waals surface area contributed by atoms with Gasteiger partial charge in [0.25, 0.3) is 11.2 Å². The third-order valence-corrected chi connectivity index (χ3v) is 4.30. The zero-order chi connectivity index (χ0) is 18.0. The van der Waals surface area contributed by atoms with Gasteiger partial charge in [-0.3, -0.25) is 14.9 Å². The van der Waals surface area contributed by atoms with Crippen molar-refractivity contribution in [1.82, 2.24) is 4.57 Å². The normalized spacial score (nSPS) is 14.0. The van der Waals surface area contributed by atoms with Gasteiger partial charge < -0.3 is 14.0 Å². The number of ether oxygens (including phenoxy) is 2. The maximum absolute atomic E-state index is 11.9. The summed E-state index contributed by atoms with van der Waals surface area (Å²) in [5.74, 6) is 0.958. The van der Waals surface area contributed by atoms with Gasteiger partial charge >= 0.3 is 0 Å². The van der Waals surface area contributed by atoms with Gasteiger partial charge in [0.1, 0.15) is 11.5 Å². The van der Waals surface area contributed by atoms with E-state index in [1.54, 1.807) is 19.3 Å². The largest absolute Gasteiger partial charge is 0.493 e. The van der Waals surface area contributed by atoms with Gasteiger partial charge in [0.15, 0.2) is 0 Å². The maximum Gasteiger partial charge on any atom is 0.270 e. The van der Waals surface area contributed by atoms with Crippen LogP contribution in [0.1, 0.15) is 26.2 Å². The number of rotatable bonds is 6. The molecule has 1 aromatic heterocycles. The molecule has 0 radical (unpaired) electrons. The van der Waals surface area contributed by atoms with Crippen LogP contribution in [0.25, 0.3) is 11.1 Å². The van der Waals surface area contributed by atoms with Crippen LogP contribution in [0.5, 0.6) is 11.5 Å². The van der Waals surface area contributed by atoms with Gasteiger partial charge in [-0.15, -0.1) is 0 Å². The molecule has 1 aliphatic carbocycles. The zero-order valence-corrected chi connectivity index (χ0v) is 14.2. The number of nitro groups is 1. The van der Waals surface area contributed by atoms with E-state index in [1.165, 1.54) is 22.8 Å². The van der Waals surface area contributed by atoms with E-state index in [0.29, 0.717) is 29.2 Å². The fourth-order valence-electron chi connectivity index (χ4n) is 2.70. The quantitative estimate of drug-likeness (QED) is 0.593. The molecule has 0 bridgehead atoms. The van der Waals surface area contributed by atoms with E-state index in [2.05, 4.69) is 0 Å². The van der Waals surface area contributed by atoms with Crippen LogP contribution in [0, 0.1) is 10.1 Å². The van der Waals surface area contributed by atoms with E-state index in [0.717, 1.165) is 19.3 Å². The van der Waals surface area contributed by atoms with E-state index in [9.17, 15) is 14.9 Å². The number of nitrogens with zero attached hydrogens (tertiary/aromatic N) is 2. The lowest BCUT2D eigenvalue weighted by Gasteiger charge is -2.27. The molecule has 3 rings (SSSR count). The Morgan fingerprint density at radius 2 is 2.00 bits per heavy atom.